The van der Waals surface area contributed by atoms with Crippen LogP contribution in [0.4, 0.5) is 0 Å². The first-order valence-corrected chi connectivity index (χ1v) is 12.0. The summed E-state index contributed by atoms with van der Waals surface area (Å²) in [5.74, 6) is 3.96. The molecule has 0 radical (unpaired) electrons. The third-order valence-corrected chi connectivity index (χ3v) is 7.25. The van der Waals surface area contributed by atoms with Crippen molar-refractivity contribution in [3.8, 4) is 0 Å². The van der Waals surface area contributed by atoms with Crippen LogP contribution >= 0.6 is 0 Å². The highest BCUT2D eigenvalue weighted by atomic mass is 16.5. The summed E-state index contributed by atoms with van der Waals surface area (Å²) in [5.41, 5.74) is 0. The number of ether oxygens (including phenoxy) is 1. The van der Waals surface area contributed by atoms with Crippen molar-refractivity contribution in [2.75, 3.05) is 13.2 Å². The highest BCUT2D eigenvalue weighted by molar-refractivity contribution is 4.82. The number of hydrogen-bond acceptors (Lipinski definition) is 1. The Labute approximate surface area is 164 Å². The molecule has 1 heteroatoms. The van der Waals surface area contributed by atoms with Gasteiger partial charge in [0.05, 0.1) is 6.61 Å². The van der Waals surface area contributed by atoms with Crippen molar-refractivity contribution >= 4 is 0 Å². The van der Waals surface area contributed by atoms with Gasteiger partial charge < -0.3 is 4.74 Å². The minimum absolute atomic E-state index is 0.725. The van der Waals surface area contributed by atoms with Crippen molar-refractivity contribution in [2.24, 2.45) is 23.7 Å². The van der Waals surface area contributed by atoms with Crippen molar-refractivity contribution in [3.05, 3.63) is 12.7 Å². The van der Waals surface area contributed by atoms with E-state index in [0.717, 1.165) is 36.9 Å². The highest BCUT2D eigenvalue weighted by Crippen LogP contribution is 2.42. The normalized spacial score (nSPS) is 29.6. The maximum absolute atomic E-state index is 5.67. The molecular formula is C25H46O. The van der Waals surface area contributed by atoms with Crippen LogP contribution in [0.25, 0.3) is 0 Å². The predicted molar refractivity (Wildman–Crippen MR) is 115 cm³/mol. The Balaban J connectivity index is 1.49. The van der Waals surface area contributed by atoms with Crippen molar-refractivity contribution < 1.29 is 4.74 Å². The van der Waals surface area contributed by atoms with E-state index in [0.29, 0.717) is 0 Å². The van der Waals surface area contributed by atoms with E-state index in [-0.39, 0.29) is 0 Å². The standard InChI is InChI=1S/C25H46O/c1-3-5-6-7-8-9-10-11-22-12-16-24(17-13-22)25-18-14-23(15-19-25)21-26-20-4-2/h4,22-25H,2-3,5-21H2,1H3/t22-,23-,24-,25-. The lowest BCUT2D eigenvalue weighted by Gasteiger charge is -2.38. The van der Waals surface area contributed by atoms with Crippen LogP contribution < -0.4 is 0 Å². The van der Waals surface area contributed by atoms with Crippen molar-refractivity contribution in [3.63, 3.8) is 0 Å². The number of hydrogen-bond donors (Lipinski definition) is 0. The van der Waals surface area contributed by atoms with Gasteiger partial charge in [0.15, 0.2) is 0 Å². The van der Waals surface area contributed by atoms with Crippen molar-refractivity contribution in [2.45, 2.75) is 110 Å². The van der Waals surface area contributed by atoms with Crippen molar-refractivity contribution in [1.82, 2.24) is 0 Å². The molecule has 152 valence electrons. The summed E-state index contributed by atoms with van der Waals surface area (Å²) >= 11 is 0. The van der Waals surface area contributed by atoms with E-state index in [1.807, 2.05) is 6.08 Å². The van der Waals surface area contributed by atoms with Gasteiger partial charge in [0.1, 0.15) is 0 Å². The summed E-state index contributed by atoms with van der Waals surface area (Å²) in [6, 6.07) is 0. The fraction of sp³-hybridized carbons (Fsp3) is 0.920. The first kappa shape index (κ1) is 22.0. The van der Waals surface area contributed by atoms with Crippen molar-refractivity contribution in [1.29, 1.82) is 0 Å². The SMILES string of the molecule is C=CCOC[C@H]1CC[C@H]([C@H]2CC[C@H](CCCCCCCCC)CC2)CC1. The quantitative estimate of drug-likeness (QED) is 0.238. The lowest BCUT2D eigenvalue weighted by molar-refractivity contribution is 0.0779. The van der Waals surface area contributed by atoms with Crippen LogP contribution in [0, 0.1) is 23.7 Å². The maximum atomic E-state index is 5.67. The molecule has 2 saturated carbocycles. The fourth-order valence-corrected chi connectivity index (χ4v) is 5.48. The van der Waals surface area contributed by atoms with Gasteiger partial charge in [-0.05, 0) is 62.2 Å². The van der Waals surface area contributed by atoms with Crippen LogP contribution in [0.3, 0.4) is 0 Å². The van der Waals surface area contributed by atoms with Gasteiger partial charge in [-0.15, -0.1) is 6.58 Å². The smallest absolute Gasteiger partial charge is 0.0644 e. The lowest BCUT2D eigenvalue weighted by Crippen LogP contribution is -2.27. The van der Waals surface area contributed by atoms with Crippen LogP contribution in [0.2, 0.25) is 0 Å². The Morgan fingerprint density at radius 3 is 1.85 bits per heavy atom. The molecule has 0 aromatic heterocycles. The summed E-state index contributed by atoms with van der Waals surface area (Å²) in [7, 11) is 0. The summed E-state index contributed by atoms with van der Waals surface area (Å²) in [6.45, 7) is 7.73. The first-order valence-electron chi connectivity index (χ1n) is 12.0. The Kier molecular flexibility index (Phi) is 11.7. The minimum atomic E-state index is 0.725. The van der Waals surface area contributed by atoms with E-state index in [2.05, 4.69) is 13.5 Å². The van der Waals surface area contributed by atoms with Gasteiger partial charge in [0.25, 0.3) is 0 Å². The molecular weight excluding hydrogens is 316 g/mol. The predicted octanol–water partition coefficient (Wildman–Crippen LogP) is 7.94. The second-order valence-electron chi connectivity index (χ2n) is 9.30. The molecule has 0 atom stereocenters. The third kappa shape index (κ3) is 8.59. The highest BCUT2D eigenvalue weighted by Gasteiger charge is 2.30. The largest absolute Gasteiger partial charge is 0.377 e. The molecule has 0 spiro atoms. The zero-order chi connectivity index (χ0) is 18.5. The molecule has 0 heterocycles. The van der Waals surface area contributed by atoms with Gasteiger partial charge >= 0.3 is 0 Å². The monoisotopic (exact) mass is 362 g/mol. The molecule has 0 unspecified atom stereocenters. The third-order valence-electron chi connectivity index (χ3n) is 7.25. The van der Waals surface area contributed by atoms with Gasteiger partial charge in [-0.3, -0.25) is 0 Å². The average molecular weight is 363 g/mol. The van der Waals surface area contributed by atoms with E-state index >= 15 is 0 Å². The second-order valence-corrected chi connectivity index (χ2v) is 9.30. The average Bonchev–Trinajstić information content (AvgIpc) is 2.69. The molecule has 2 aliphatic carbocycles. The van der Waals surface area contributed by atoms with E-state index in [4.69, 9.17) is 4.74 Å². The zero-order valence-electron chi connectivity index (χ0n) is 17.7. The molecule has 0 aromatic carbocycles. The molecule has 2 rings (SSSR count). The van der Waals surface area contributed by atoms with Crippen LogP contribution in [0.15, 0.2) is 12.7 Å². The molecule has 0 N–H and O–H groups in total. The first-order chi connectivity index (χ1) is 12.8. The molecule has 1 nitrogen and oxygen atoms in total. The molecule has 0 saturated heterocycles. The molecule has 0 bridgehead atoms. The van der Waals surface area contributed by atoms with Crippen LogP contribution in [0.1, 0.15) is 110 Å². The molecule has 0 aliphatic heterocycles. The summed E-state index contributed by atoms with van der Waals surface area (Å²) < 4.78 is 5.67. The van der Waals surface area contributed by atoms with Gasteiger partial charge in [0.2, 0.25) is 0 Å². The topological polar surface area (TPSA) is 9.23 Å². The van der Waals surface area contributed by atoms with Crippen LogP contribution in [-0.4, -0.2) is 13.2 Å². The van der Waals surface area contributed by atoms with E-state index < -0.39 is 0 Å². The fourth-order valence-electron chi connectivity index (χ4n) is 5.48. The minimum Gasteiger partial charge on any atom is -0.377 e. The molecule has 0 amide bonds. The zero-order valence-corrected chi connectivity index (χ0v) is 17.7. The molecule has 26 heavy (non-hydrogen) atoms. The van der Waals surface area contributed by atoms with Gasteiger partial charge in [-0.2, -0.15) is 0 Å². The Hall–Kier alpha value is -0.300. The Bertz CT molecular complexity index is 334. The number of unbranched alkanes of at least 4 members (excludes halogenated alkanes) is 6. The van der Waals surface area contributed by atoms with E-state index in [1.165, 1.54) is 103 Å². The maximum Gasteiger partial charge on any atom is 0.0644 e. The van der Waals surface area contributed by atoms with Crippen LogP contribution in [-0.2, 0) is 4.74 Å². The summed E-state index contributed by atoms with van der Waals surface area (Å²) in [5, 5.41) is 0. The van der Waals surface area contributed by atoms with Gasteiger partial charge in [0, 0.05) is 6.61 Å². The van der Waals surface area contributed by atoms with Crippen LogP contribution in [0.5, 0.6) is 0 Å². The number of rotatable bonds is 13. The molecule has 0 aromatic rings. The second kappa shape index (κ2) is 13.8. The molecule has 2 aliphatic rings. The Morgan fingerprint density at radius 1 is 0.731 bits per heavy atom. The Morgan fingerprint density at radius 2 is 1.27 bits per heavy atom. The van der Waals surface area contributed by atoms with Gasteiger partial charge in [-0.25, -0.2) is 0 Å². The summed E-state index contributed by atoms with van der Waals surface area (Å²) in [6.07, 6.45) is 25.5. The summed E-state index contributed by atoms with van der Waals surface area (Å²) in [4.78, 5) is 0. The van der Waals surface area contributed by atoms with E-state index in [9.17, 15) is 0 Å². The lowest BCUT2D eigenvalue weighted by atomic mass is 9.69. The van der Waals surface area contributed by atoms with E-state index in [1.54, 1.807) is 0 Å². The molecule has 2 fully saturated rings. The van der Waals surface area contributed by atoms with Gasteiger partial charge in [-0.1, -0.05) is 77.2 Å².